The highest BCUT2D eigenvalue weighted by molar-refractivity contribution is 9.10. The van der Waals surface area contributed by atoms with Crippen molar-refractivity contribution in [1.29, 1.82) is 0 Å². The average Bonchev–Trinajstić information content (AvgIpc) is 1.94. The molecule has 0 unspecified atom stereocenters. The van der Waals surface area contributed by atoms with Crippen LogP contribution in [0.1, 0.15) is 0 Å². The quantitative estimate of drug-likeness (QED) is 0.754. The fourth-order valence-corrected chi connectivity index (χ4v) is 0.922. The van der Waals surface area contributed by atoms with Gasteiger partial charge in [0, 0.05) is 10.5 Å². The van der Waals surface area contributed by atoms with Gasteiger partial charge in [-0.3, -0.25) is 0 Å². The van der Waals surface area contributed by atoms with Crippen LogP contribution < -0.4 is 4.74 Å². The molecular weight excluding hydrogens is 196 g/mol. The molecule has 0 fully saturated rings. The van der Waals surface area contributed by atoms with Crippen LogP contribution in [0, 0.1) is 6.07 Å². The van der Waals surface area contributed by atoms with Crippen LogP contribution in [0.4, 0.5) is 0 Å². The van der Waals surface area contributed by atoms with Gasteiger partial charge in [-0.15, -0.1) is 0 Å². The van der Waals surface area contributed by atoms with E-state index in [1.165, 1.54) is 7.11 Å². The SMILES string of the molecule is COc1cc(Br)c[c]c1O. The summed E-state index contributed by atoms with van der Waals surface area (Å²) in [5.74, 6) is 0.458. The van der Waals surface area contributed by atoms with E-state index < -0.39 is 0 Å². The number of rotatable bonds is 1. The van der Waals surface area contributed by atoms with Gasteiger partial charge in [-0.05, 0) is 12.1 Å². The number of hydrogen-bond donors (Lipinski definition) is 1. The van der Waals surface area contributed by atoms with Crippen molar-refractivity contribution in [3.05, 3.63) is 22.7 Å². The fourth-order valence-electron chi connectivity index (χ4n) is 0.599. The first-order chi connectivity index (χ1) is 4.74. The molecule has 1 aromatic rings. The lowest BCUT2D eigenvalue weighted by Gasteiger charge is -2.01. The Hall–Kier alpha value is -0.700. The molecule has 0 saturated carbocycles. The molecule has 0 aromatic heterocycles. The lowest BCUT2D eigenvalue weighted by atomic mass is 10.3. The first-order valence-electron chi connectivity index (χ1n) is 2.68. The number of aromatic hydroxyl groups is 1. The molecule has 0 bridgehead atoms. The van der Waals surface area contributed by atoms with E-state index in [2.05, 4.69) is 22.0 Å². The van der Waals surface area contributed by atoms with E-state index >= 15 is 0 Å². The van der Waals surface area contributed by atoms with Crippen molar-refractivity contribution in [2.45, 2.75) is 0 Å². The largest absolute Gasteiger partial charge is 0.504 e. The molecule has 0 aliphatic rings. The zero-order valence-corrected chi connectivity index (χ0v) is 6.97. The Morgan fingerprint density at radius 1 is 1.70 bits per heavy atom. The van der Waals surface area contributed by atoms with Crippen LogP contribution in [0.2, 0.25) is 0 Å². The lowest BCUT2D eigenvalue weighted by molar-refractivity contribution is 0.372. The summed E-state index contributed by atoms with van der Waals surface area (Å²) >= 11 is 3.21. The van der Waals surface area contributed by atoms with E-state index in [1.54, 1.807) is 12.1 Å². The van der Waals surface area contributed by atoms with Crippen LogP contribution in [0.15, 0.2) is 16.6 Å². The highest BCUT2D eigenvalue weighted by Gasteiger charge is 1.99. The average molecular weight is 202 g/mol. The number of hydrogen-bond acceptors (Lipinski definition) is 2. The molecule has 10 heavy (non-hydrogen) atoms. The summed E-state index contributed by atoms with van der Waals surface area (Å²) in [6.45, 7) is 0. The van der Waals surface area contributed by atoms with E-state index in [9.17, 15) is 0 Å². The molecule has 3 heteroatoms. The maximum absolute atomic E-state index is 9.03. The van der Waals surface area contributed by atoms with Crippen LogP contribution in [0.5, 0.6) is 11.5 Å². The van der Waals surface area contributed by atoms with E-state index in [4.69, 9.17) is 9.84 Å². The van der Waals surface area contributed by atoms with Gasteiger partial charge in [0.2, 0.25) is 0 Å². The second-order valence-corrected chi connectivity index (χ2v) is 2.65. The number of halogens is 1. The molecule has 0 aliphatic carbocycles. The minimum atomic E-state index is 0.0331. The molecule has 0 heterocycles. The second kappa shape index (κ2) is 2.92. The van der Waals surface area contributed by atoms with E-state index in [0.29, 0.717) is 5.75 Å². The third kappa shape index (κ3) is 1.42. The molecule has 0 saturated heterocycles. The predicted octanol–water partition coefficient (Wildman–Crippen LogP) is 1.96. The first kappa shape index (κ1) is 7.41. The van der Waals surface area contributed by atoms with Crippen molar-refractivity contribution >= 4 is 15.9 Å². The van der Waals surface area contributed by atoms with Crippen molar-refractivity contribution in [3.8, 4) is 11.5 Å². The Balaban J connectivity index is 3.09. The molecule has 2 nitrogen and oxygen atoms in total. The zero-order chi connectivity index (χ0) is 7.56. The minimum Gasteiger partial charge on any atom is -0.504 e. The van der Waals surface area contributed by atoms with Gasteiger partial charge in [0.1, 0.15) is 0 Å². The maximum Gasteiger partial charge on any atom is 0.165 e. The summed E-state index contributed by atoms with van der Waals surface area (Å²) in [6, 6.07) is 5.90. The minimum absolute atomic E-state index is 0.0331. The van der Waals surface area contributed by atoms with Crippen molar-refractivity contribution in [3.63, 3.8) is 0 Å². The molecule has 1 rings (SSSR count). The molecule has 0 amide bonds. The normalized spacial score (nSPS) is 9.40. The molecule has 0 aliphatic heterocycles. The lowest BCUT2D eigenvalue weighted by Crippen LogP contribution is -1.82. The third-order valence-electron chi connectivity index (χ3n) is 1.07. The summed E-state index contributed by atoms with van der Waals surface area (Å²) in [4.78, 5) is 0. The standard InChI is InChI=1S/C7H6BrO2/c1-10-7-4-5(8)2-3-6(7)9/h2,4,9H,1H3. The summed E-state index contributed by atoms with van der Waals surface area (Å²) in [5.41, 5.74) is 0. The topological polar surface area (TPSA) is 29.5 Å². The van der Waals surface area contributed by atoms with Gasteiger partial charge in [-0.1, -0.05) is 15.9 Å². The summed E-state index contributed by atoms with van der Waals surface area (Å²) in [5, 5.41) is 9.03. The van der Waals surface area contributed by atoms with Crippen molar-refractivity contribution in [1.82, 2.24) is 0 Å². The number of methoxy groups -OCH3 is 1. The van der Waals surface area contributed by atoms with Gasteiger partial charge in [0.05, 0.1) is 7.11 Å². The van der Waals surface area contributed by atoms with Gasteiger partial charge < -0.3 is 9.84 Å². The van der Waals surface area contributed by atoms with Crippen molar-refractivity contribution < 1.29 is 9.84 Å². The molecule has 1 N–H and O–H groups in total. The van der Waals surface area contributed by atoms with Crippen LogP contribution in [0.3, 0.4) is 0 Å². The van der Waals surface area contributed by atoms with Crippen molar-refractivity contribution in [2.24, 2.45) is 0 Å². The Kier molecular flexibility index (Phi) is 2.17. The second-order valence-electron chi connectivity index (χ2n) is 1.73. The number of benzene rings is 1. The monoisotopic (exact) mass is 201 g/mol. The van der Waals surface area contributed by atoms with Gasteiger partial charge >= 0.3 is 0 Å². The summed E-state index contributed by atoms with van der Waals surface area (Å²) in [7, 11) is 1.50. The van der Waals surface area contributed by atoms with Gasteiger partial charge in [0.15, 0.2) is 11.5 Å². The number of phenolic OH excluding ortho intramolecular Hbond substituents is 1. The summed E-state index contributed by atoms with van der Waals surface area (Å²) < 4.78 is 5.65. The van der Waals surface area contributed by atoms with E-state index in [-0.39, 0.29) is 5.75 Å². The van der Waals surface area contributed by atoms with Crippen LogP contribution in [0.25, 0.3) is 0 Å². The predicted molar refractivity (Wildman–Crippen MR) is 41.2 cm³/mol. The Labute approximate surface area is 67.6 Å². The van der Waals surface area contributed by atoms with E-state index in [1.807, 2.05) is 0 Å². The molecule has 0 atom stereocenters. The Morgan fingerprint density at radius 3 is 2.90 bits per heavy atom. The molecule has 0 spiro atoms. The molecular formula is C7H6BrO2. The van der Waals surface area contributed by atoms with Crippen LogP contribution in [-0.2, 0) is 0 Å². The first-order valence-corrected chi connectivity index (χ1v) is 3.47. The summed E-state index contributed by atoms with van der Waals surface area (Å²) in [6.07, 6.45) is 0. The Bertz CT molecular complexity index is 235. The smallest absolute Gasteiger partial charge is 0.165 e. The van der Waals surface area contributed by atoms with Crippen LogP contribution >= 0.6 is 15.9 Å². The van der Waals surface area contributed by atoms with Crippen molar-refractivity contribution in [2.75, 3.05) is 7.11 Å². The maximum atomic E-state index is 9.03. The molecule has 53 valence electrons. The number of ether oxygens (including phenoxy) is 1. The molecule has 1 radical (unpaired) electrons. The molecule has 1 aromatic carbocycles. The highest BCUT2D eigenvalue weighted by Crippen LogP contribution is 2.27. The van der Waals surface area contributed by atoms with Gasteiger partial charge in [-0.2, -0.15) is 0 Å². The van der Waals surface area contributed by atoms with Gasteiger partial charge in [0.25, 0.3) is 0 Å². The van der Waals surface area contributed by atoms with E-state index in [0.717, 1.165) is 4.47 Å². The van der Waals surface area contributed by atoms with Gasteiger partial charge in [-0.25, -0.2) is 0 Å². The Morgan fingerprint density at radius 2 is 2.40 bits per heavy atom. The fraction of sp³-hybridized carbons (Fsp3) is 0.143. The number of phenols is 1. The zero-order valence-electron chi connectivity index (χ0n) is 5.39. The highest BCUT2D eigenvalue weighted by atomic mass is 79.9. The third-order valence-corrected chi connectivity index (χ3v) is 1.53. The van der Waals surface area contributed by atoms with Crippen LogP contribution in [-0.4, -0.2) is 12.2 Å².